The van der Waals surface area contributed by atoms with Gasteiger partial charge >= 0.3 is 5.97 Å². The molecule has 1 atom stereocenters. The third-order valence-electron chi connectivity index (χ3n) is 3.15. The van der Waals surface area contributed by atoms with Gasteiger partial charge in [-0.25, -0.2) is 9.78 Å². The predicted molar refractivity (Wildman–Crippen MR) is 81.0 cm³/mol. The summed E-state index contributed by atoms with van der Waals surface area (Å²) in [7, 11) is 0. The van der Waals surface area contributed by atoms with E-state index >= 15 is 0 Å². The molecular formula is C14H10ClN5O3. The first-order chi connectivity index (χ1) is 11.1. The molecule has 0 bridgehead atoms. The molecule has 3 aromatic rings. The molecule has 9 heteroatoms. The Hall–Kier alpha value is -3.00. The van der Waals surface area contributed by atoms with Crippen LogP contribution in [0.5, 0.6) is 0 Å². The Morgan fingerprint density at radius 2 is 1.96 bits per heavy atom. The van der Waals surface area contributed by atoms with Crippen LogP contribution in [0, 0.1) is 0 Å². The summed E-state index contributed by atoms with van der Waals surface area (Å²) in [5, 5.41) is 22.0. The number of rotatable bonds is 4. The summed E-state index contributed by atoms with van der Waals surface area (Å²) in [6, 6.07) is 8.12. The van der Waals surface area contributed by atoms with Crippen LogP contribution in [-0.2, 0) is 4.79 Å². The van der Waals surface area contributed by atoms with Crippen LogP contribution in [0.4, 0.5) is 0 Å². The van der Waals surface area contributed by atoms with E-state index in [9.17, 15) is 14.7 Å². The molecule has 2 aromatic heterocycles. The van der Waals surface area contributed by atoms with E-state index in [-0.39, 0.29) is 21.9 Å². The quantitative estimate of drug-likeness (QED) is 0.667. The zero-order valence-electron chi connectivity index (χ0n) is 11.5. The highest BCUT2D eigenvalue weighted by atomic mass is 35.5. The minimum atomic E-state index is -1.29. The van der Waals surface area contributed by atoms with Crippen LogP contribution in [0.3, 0.4) is 0 Å². The second-order valence-corrected chi connectivity index (χ2v) is 5.04. The lowest BCUT2D eigenvalue weighted by Gasteiger charge is -2.15. The molecular weight excluding hydrogens is 322 g/mol. The second kappa shape index (κ2) is 6.01. The van der Waals surface area contributed by atoms with E-state index < -0.39 is 17.9 Å². The van der Waals surface area contributed by atoms with Crippen molar-refractivity contribution in [2.24, 2.45) is 0 Å². The molecule has 0 radical (unpaired) electrons. The first-order valence-electron chi connectivity index (χ1n) is 6.52. The van der Waals surface area contributed by atoms with Gasteiger partial charge in [-0.2, -0.15) is 10.3 Å². The molecule has 2 heterocycles. The van der Waals surface area contributed by atoms with Crippen LogP contribution < -0.4 is 5.32 Å². The van der Waals surface area contributed by atoms with Crippen molar-refractivity contribution in [1.29, 1.82) is 0 Å². The molecule has 0 aliphatic carbocycles. The molecule has 0 fully saturated rings. The number of pyridine rings is 1. The number of aromatic nitrogens is 4. The molecule has 0 saturated carbocycles. The molecule has 1 unspecified atom stereocenters. The molecule has 3 N–H and O–H groups in total. The number of aromatic amines is 1. The van der Waals surface area contributed by atoms with E-state index in [0.29, 0.717) is 5.52 Å². The number of nitrogens with one attached hydrogen (secondary N) is 2. The van der Waals surface area contributed by atoms with Gasteiger partial charge in [0.1, 0.15) is 11.2 Å². The van der Waals surface area contributed by atoms with Crippen LogP contribution >= 0.6 is 11.6 Å². The first kappa shape index (κ1) is 14.9. The molecule has 0 spiro atoms. The number of carboxylic acid groups (broad SMARTS) is 1. The third-order valence-corrected chi connectivity index (χ3v) is 3.50. The largest absolute Gasteiger partial charge is 0.479 e. The number of benzene rings is 1. The Kier molecular flexibility index (Phi) is 3.90. The highest BCUT2D eigenvalue weighted by Crippen LogP contribution is 2.23. The lowest BCUT2D eigenvalue weighted by atomic mass is 10.1. The minimum absolute atomic E-state index is 0.0321. The molecule has 0 saturated heterocycles. The van der Waals surface area contributed by atoms with Crippen molar-refractivity contribution in [2.75, 3.05) is 0 Å². The Morgan fingerprint density at radius 3 is 2.70 bits per heavy atom. The van der Waals surface area contributed by atoms with Crippen molar-refractivity contribution in [1.82, 2.24) is 25.7 Å². The fourth-order valence-corrected chi connectivity index (χ4v) is 2.29. The van der Waals surface area contributed by atoms with Gasteiger partial charge in [-0.1, -0.05) is 29.8 Å². The average molecular weight is 332 g/mol. The van der Waals surface area contributed by atoms with E-state index in [1.165, 1.54) is 12.1 Å². The number of carbonyl (C=O) groups is 2. The number of nitrogens with zero attached hydrogens (tertiary/aromatic N) is 3. The lowest BCUT2D eigenvalue weighted by Crippen LogP contribution is -2.34. The number of halogens is 1. The standard InChI is InChI=1S/C14H10ClN5O3/c15-8-4-2-1-3-7(8)11(14(22)23)17-13(21)10-6-5-9-12(16-10)19-20-18-9/h1-6,11H,(H,17,21)(H,22,23)(H,16,18,19,20). The van der Waals surface area contributed by atoms with Gasteiger partial charge in [0.2, 0.25) is 5.65 Å². The normalized spacial score (nSPS) is 12.0. The molecule has 1 amide bonds. The van der Waals surface area contributed by atoms with Gasteiger partial charge in [-0.05, 0) is 18.2 Å². The maximum atomic E-state index is 12.3. The number of aliphatic carboxylic acids is 1. The number of fused-ring (bicyclic) bond motifs is 1. The summed E-state index contributed by atoms with van der Waals surface area (Å²) in [6.45, 7) is 0. The molecule has 116 valence electrons. The van der Waals surface area contributed by atoms with E-state index in [2.05, 4.69) is 25.7 Å². The molecule has 8 nitrogen and oxygen atoms in total. The van der Waals surface area contributed by atoms with Gasteiger partial charge in [0.05, 0.1) is 0 Å². The SMILES string of the molecule is O=C(NC(C(=O)O)c1ccccc1Cl)c1ccc2n[nH]nc2n1. The molecule has 23 heavy (non-hydrogen) atoms. The highest BCUT2D eigenvalue weighted by Gasteiger charge is 2.25. The number of carbonyl (C=O) groups excluding carboxylic acids is 1. The summed E-state index contributed by atoms with van der Waals surface area (Å²) in [4.78, 5) is 27.8. The van der Waals surface area contributed by atoms with E-state index in [4.69, 9.17) is 11.6 Å². The van der Waals surface area contributed by atoms with E-state index in [1.807, 2.05) is 0 Å². The Labute approximate surface area is 134 Å². The fraction of sp³-hybridized carbons (Fsp3) is 0.0714. The molecule has 0 aliphatic rings. The van der Waals surface area contributed by atoms with Crippen LogP contribution in [0.2, 0.25) is 5.02 Å². The van der Waals surface area contributed by atoms with Crippen molar-refractivity contribution in [3.63, 3.8) is 0 Å². The Bertz CT molecular complexity index is 895. The number of carboxylic acids is 1. The summed E-state index contributed by atoms with van der Waals surface area (Å²) in [5.41, 5.74) is 1.09. The average Bonchev–Trinajstić information content (AvgIpc) is 3.00. The van der Waals surface area contributed by atoms with Gasteiger partial charge in [0.15, 0.2) is 6.04 Å². The predicted octanol–water partition coefficient (Wildman–Crippen LogP) is 1.56. The van der Waals surface area contributed by atoms with Crippen molar-refractivity contribution < 1.29 is 14.7 Å². The van der Waals surface area contributed by atoms with Gasteiger partial charge < -0.3 is 10.4 Å². The van der Waals surface area contributed by atoms with Gasteiger partial charge in [-0.15, -0.1) is 5.10 Å². The molecule has 3 rings (SSSR count). The number of hydrogen-bond donors (Lipinski definition) is 3. The topological polar surface area (TPSA) is 121 Å². The number of amides is 1. The summed E-state index contributed by atoms with van der Waals surface area (Å²) < 4.78 is 0. The number of H-pyrrole nitrogens is 1. The minimum Gasteiger partial charge on any atom is -0.479 e. The molecule has 1 aromatic carbocycles. The van der Waals surface area contributed by atoms with Crippen molar-refractivity contribution in [3.8, 4) is 0 Å². The highest BCUT2D eigenvalue weighted by molar-refractivity contribution is 6.31. The van der Waals surface area contributed by atoms with Gasteiger partial charge in [0, 0.05) is 10.6 Å². The summed E-state index contributed by atoms with van der Waals surface area (Å²) >= 11 is 6.00. The van der Waals surface area contributed by atoms with Crippen molar-refractivity contribution >= 4 is 34.6 Å². The van der Waals surface area contributed by atoms with E-state index in [0.717, 1.165) is 0 Å². The zero-order valence-corrected chi connectivity index (χ0v) is 12.3. The fourth-order valence-electron chi connectivity index (χ4n) is 2.05. The zero-order chi connectivity index (χ0) is 16.4. The summed E-state index contributed by atoms with van der Waals surface area (Å²) in [5.74, 6) is -1.88. The first-order valence-corrected chi connectivity index (χ1v) is 6.89. The van der Waals surface area contributed by atoms with Gasteiger partial charge in [-0.3, -0.25) is 4.79 Å². The maximum Gasteiger partial charge on any atom is 0.330 e. The van der Waals surface area contributed by atoms with Gasteiger partial charge in [0.25, 0.3) is 5.91 Å². The van der Waals surface area contributed by atoms with Crippen LogP contribution in [0.15, 0.2) is 36.4 Å². The van der Waals surface area contributed by atoms with Crippen molar-refractivity contribution in [3.05, 3.63) is 52.7 Å². The van der Waals surface area contributed by atoms with Crippen molar-refractivity contribution in [2.45, 2.75) is 6.04 Å². The Morgan fingerprint density at radius 1 is 1.17 bits per heavy atom. The second-order valence-electron chi connectivity index (χ2n) is 4.63. The smallest absolute Gasteiger partial charge is 0.330 e. The molecule has 0 aliphatic heterocycles. The lowest BCUT2D eigenvalue weighted by molar-refractivity contribution is -0.139. The summed E-state index contributed by atoms with van der Waals surface area (Å²) in [6.07, 6.45) is 0. The van der Waals surface area contributed by atoms with Crippen LogP contribution in [0.25, 0.3) is 11.2 Å². The van der Waals surface area contributed by atoms with E-state index in [1.54, 1.807) is 24.3 Å². The maximum absolute atomic E-state index is 12.3. The van der Waals surface area contributed by atoms with Crippen LogP contribution in [-0.4, -0.2) is 37.4 Å². The monoisotopic (exact) mass is 331 g/mol. The number of hydrogen-bond acceptors (Lipinski definition) is 5. The third kappa shape index (κ3) is 2.97. The van der Waals surface area contributed by atoms with Crippen LogP contribution in [0.1, 0.15) is 22.1 Å². The Balaban J connectivity index is 1.89.